The van der Waals surface area contributed by atoms with E-state index in [1.54, 1.807) is 6.08 Å². The first-order chi connectivity index (χ1) is 19.8. The molecule has 1 unspecified atom stereocenters. The molecule has 2 amide bonds. The van der Waals surface area contributed by atoms with Crippen LogP contribution in [-0.4, -0.2) is 58.2 Å². The lowest BCUT2D eigenvalue weighted by Crippen LogP contribution is -2.35. The molecule has 0 radical (unpaired) electrons. The number of benzene rings is 3. The summed E-state index contributed by atoms with van der Waals surface area (Å²) in [5.74, 6) is 2.71. The minimum Gasteiger partial charge on any atom is -0.724 e. The first-order valence-electron chi connectivity index (χ1n) is 12.7. The van der Waals surface area contributed by atoms with Crippen molar-refractivity contribution in [3.05, 3.63) is 121 Å². The number of carbonyl (C=O) groups is 1. The van der Waals surface area contributed by atoms with E-state index in [9.17, 15) is 17.8 Å². The second kappa shape index (κ2) is 12.2. The molecule has 10 nitrogen and oxygen atoms in total. The van der Waals surface area contributed by atoms with Gasteiger partial charge >= 0.3 is 6.03 Å². The van der Waals surface area contributed by atoms with Crippen LogP contribution in [0, 0.1) is 0 Å². The average Bonchev–Trinajstić information content (AvgIpc) is 3.61. The molecule has 2 aliphatic rings. The maximum Gasteiger partial charge on any atom is 0.346 e. The van der Waals surface area contributed by atoms with E-state index in [2.05, 4.69) is 129 Å². The highest BCUT2D eigenvalue weighted by atomic mass is 32.3. The summed E-state index contributed by atoms with van der Waals surface area (Å²) in [4.78, 5) is 17.0. The number of amides is 2. The molecule has 210 valence electrons. The second-order valence-corrected chi connectivity index (χ2v) is 13.5. The number of hydroxylamine groups is 2. The van der Waals surface area contributed by atoms with Crippen molar-refractivity contribution in [2.24, 2.45) is 0 Å². The average molecular weight is 591 g/mol. The van der Waals surface area contributed by atoms with Gasteiger partial charge in [0.2, 0.25) is 16.8 Å². The molecule has 2 bridgehead atoms. The predicted octanol–water partition coefficient (Wildman–Crippen LogP) is 3.48. The highest BCUT2D eigenvalue weighted by Crippen LogP contribution is 2.56. The Morgan fingerprint density at radius 1 is 0.951 bits per heavy atom. The van der Waals surface area contributed by atoms with Crippen LogP contribution < -0.4 is 15.9 Å². The summed E-state index contributed by atoms with van der Waals surface area (Å²) in [7, 11) is -6.73. The number of carbonyl (C=O) groups excluding carboxylic acids is 1. The van der Waals surface area contributed by atoms with Crippen LogP contribution in [0.3, 0.4) is 0 Å². The van der Waals surface area contributed by atoms with Crippen molar-refractivity contribution in [2.45, 2.75) is 13.0 Å². The van der Waals surface area contributed by atoms with Crippen LogP contribution in [0.5, 0.6) is 0 Å². The Morgan fingerprint density at radius 3 is 1.93 bits per heavy atom. The molecule has 3 heterocycles. The van der Waals surface area contributed by atoms with Crippen molar-refractivity contribution in [2.75, 3.05) is 13.1 Å². The van der Waals surface area contributed by atoms with Gasteiger partial charge in [0.1, 0.15) is 23.2 Å². The van der Waals surface area contributed by atoms with Crippen LogP contribution in [0.25, 0.3) is 5.57 Å². The number of fused-ring (bicyclic) bond motifs is 2. The molecular weight excluding hydrogens is 563 g/mol. The summed E-state index contributed by atoms with van der Waals surface area (Å²) in [6.45, 7) is 2.53. The molecule has 0 spiro atoms. The van der Waals surface area contributed by atoms with Crippen molar-refractivity contribution >= 4 is 45.2 Å². The number of aromatic nitrogens is 2. The molecule has 1 saturated heterocycles. The highest BCUT2D eigenvalue weighted by molar-refractivity contribution is 7.98. The van der Waals surface area contributed by atoms with Gasteiger partial charge in [-0.25, -0.2) is 13.2 Å². The zero-order valence-corrected chi connectivity index (χ0v) is 23.8. The SMILES string of the molecule is CC=C[P+](c1ccccc1)(c1ccccc1)c1ccccc1.O=C1N2CC(c3ncon3)=CC(C2)N1OS(=O)(=O)[O-]. The standard InChI is InChI=1S/C21H20P.C8H8N4O6S/c1-2-18-22(19-12-6-3-7-13-19,20-14-8-4-9-15-20)21-16-10-5-11-17-21;13-8-11-2-5(7-9-4-17-10-7)1-6(3-11)12(8)18-19(14,15)16/h2-18H,1H3;1,4,6H,2-3H2,(H,14,15,16)/q+1;/p-1. The Kier molecular flexibility index (Phi) is 8.41. The van der Waals surface area contributed by atoms with Crippen molar-refractivity contribution in [1.82, 2.24) is 20.1 Å². The molecule has 4 aromatic rings. The van der Waals surface area contributed by atoms with E-state index in [1.165, 1.54) is 20.8 Å². The van der Waals surface area contributed by atoms with Crippen molar-refractivity contribution < 1.29 is 26.6 Å². The zero-order valence-electron chi connectivity index (χ0n) is 22.1. The molecule has 0 aliphatic carbocycles. The quantitative estimate of drug-likeness (QED) is 0.182. The Balaban J connectivity index is 0.000000166. The Hall–Kier alpha value is -4.15. The van der Waals surface area contributed by atoms with Crippen molar-refractivity contribution in [3.63, 3.8) is 0 Å². The van der Waals surface area contributed by atoms with E-state index in [0.717, 1.165) is 6.39 Å². The third-order valence-corrected chi connectivity index (χ3v) is 11.0. The third kappa shape index (κ3) is 6.13. The van der Waals surface area contributed by atoms with Gasteiger partial charge in [0.15, 0.2) is 5.82 Å². The van der Waals surface area contributed by atoms with Crippen LogP contribution >= 0.6 is 7.26 Å². The number of nitrogens with zero attached hydrogens (tertiary/aromatic N) is 4. The summed E-state index contributed by atoms with van der Waals surface area (Å²) < 4.78 is 40.5. The summed E-state index contributed by atoms with van der Waals surface area (Å²) in [6.07, 6.45) is 4.90. The van der Waals surface area contributed by atoms with Crippen LogP contribution in [0.2, 0.25) is 0 Å². The van der Waals surface area contributed by atoms with Crippen LogP contribution in [-0.2, 0) is 14.7 Å². The van der Waals surface area contributed by atoms with E-state index in [4.69, 9.17) is 0 Å². The first kappa shape index (κ1) is 28.4. The second-order valence-electron chi connectivity index (χ2n) is 9.20. The largest absolute Gasteiger partial charge is 0.724 e. The third-order valence-electron chi connectivity index (χ3n) is 6.61. The minimum absolute atomic E-state index is 0.188. The topological polar surface area (TPSA) is 129 Å². The van der Waals surface area contributed by atoms with Gasteiger partial charge in [-0.1, -0.05) is 65.8 Å². The van der Waals surface area contributed by atoms with E-state index >= 15 is 0 Å². The monoisotopic (exact) mass is 590 g/mol. The predicted molar refractivity (Wildman–Crippen MR) is 156 cm³/mol. The highest BCUT2D eigenvalue weighted by Gasteiger charge is 2.43. The number of hydrogen-bond donors (Lipinski definition) is 0. The first-order valence-corrected chi connectivity index (χ1v) is 15.9. The molecule has 3 aromatic carbocycles. The van der Waals surface area contributed by atoms with E-state index in [-0.39, 0.29) is 13.1 Å². The van der Waals surface area contributed by atoms with Gasteiger partial charge < -0.3 is 14.0 Å². The van der Waals surface area contributed by atoms with E-state index < -0.39 is 29.7 Å². The molecule has 0 N–H and O–H groups in total. The minimum atomic E-state index is -5.00. The zero-order chi connectivity index (χ0) is 28.9. The fourth-order valence-electron chi connectivity index (χ4n) is 4.96. The fraction of sp³-hybridized carbons (Fsp3) is 0.138. The van der Waals surface area contributed by atoms with Gasteiger partial charge in [0.25, 0.3) is 0 Å². The van der Waals surface area contributed by atoms with Gasteiger partial charge in [-0.05, 0) is 49.4 Å². The smallest absolute Gasteiger partial charge is 0.346 e. The van der Waals surface area contributed by atoms with Crippen molar-refractivity contribution in [1.29, 1.82) is 0 Å². The van der Waals surface area contributed by atoms with Gasteiger partial charge in [0, 0.05) is 12.1 Å². The van der Waals surface area contributed by atoms with Gasteiger partial charge in [-0.2, -0.15) is 14.3 Å². The maximum absolute atomic E-state index is 11.8. The summed E-state index contributed by atoms with van der Waals surface area (Å²) in [5.41, 5.74) is 0.591. The number of hydrogen-bond acceptors (Lipinski definition) is 8. The van der Waals surface area contributed by atoms with Gasteiger partial charge in [-0.3, -0.25) is 0 Å². The van der Waals surface area contributed by atoms with Crippen molar-refractivity contribution in [3.8, 4) is 0 Å². The Labute approximate surface area is 238 Å². The molecule has 41 heavy (non-hydrogen) atoms. The Morgan fingerprint density at radius 2 is 1.49 bits per heavy atom. The number of allylic oxidation sites excluding steroid dienone is 1. The fourth-order valence-corrected chi connectivity index (χ4v) is 9.12. The molecule has 1 atom stereocenters. The molecule has 0 saturated carbocycles. The lowest BCUT2D eigenvalue weighted by Gasteiger charge is -2.23. The number of urea groups is 1. The van der Waals surface area contributed by atoms with Crippen LogP contribution in [0.1, 0.15) is 12.7 Å². The Bertz CT molecular complexity index is 1540. The van der Waals surface area contributed by atoms with E-state index in [0.29, 0.717) is 16.5 Å². The molecule has 6 rings (SSSR count). The molecule has 1 aromatic heterocycles. The molecule has 2 aliphatic heterocycles. The normalized spacial score (nSPS) is 16.9. The summed E-state index contributed by atoms with van der Waals surface area (Å²) in [5, 5.41) is 8.35. The molecule has 1 fully saturated rings. The van der Waals surface area contributed by atoms with Gasteiger partial charge in [0.05, 0.1) is 18.4 Å². The maximum atomic E-state index is 11.8. The molecular formula is C29H27N4O6PS. The molecule has 12 heteroatoms. The van der Waals surface area contributed by atoms with Gasteiger partial charge in [-0.15, -0.1) is 0 Å². The van der Waals surface area contributed by atoms with E-state index in [1.807, 2.05) is 0 Å². The number of rotatable bonds is 7. The summed E-state index contributed by atoms with van der Waals surface area (Å²) in [6, 6.07) is 31.3. The lowest BCUT2D eigenvalue weighted by molar-refractivity contribution is -0.0195. The van der Waals surface area contributed by atoms with Crippen LogP contribution in [0.4, 0.5) is 4.79 Å². The lowest BCUT2D eigenvalue weighted by atomic mass is 10.1. The van der Waals surface area contributed by atoms with Crippen LogP contribution in [0.15, 0.2) is 120 Å². The summed E-state index contributed by atoms with van der Waals surface area (Å²) >= 11 is 0.